The molecule has 1 heterocycles. The van der Waals surface area contributed by atoms with Crippen LogP contribution in [0.3, 0.4) is 0 Å². The first-order valence-corrected chi connectivity index (χ1v) is 7.98. The maximum Gasteiger partial charge on any atom is 0.370 e. The third kappa shape index (κ3) is 2.92. The molecule has 1 aromatic rings. The van der Waals surface area contributed by atoms with E-state index in [4.69, 9.17) is 23.2 Å². The van der Waals surface area contributed by atoms with E-state index in [0.717, 1.165) is 29.2 Å². The van der Waals surface area contributed by atoms with Gasteiger partial charge >= 0.3 is 6.03 Å². The lowest BCUT2D eigenvalue weighted by molar-refractivity contribution is -0.0485. The fraction of sp³-hybridized carbons (Fsp3) is 0.417. The Morgan fingerprint density at radius 3 is 2.38 bits per heavy atom. The number of nitrogens with zero attached hydrogens (tertiary/aromatic N) is 3. The van der Waals surface area contributed by atoms with Gasteiger partial charge in [0.05, 0.1) is 0 Å². The molecule has 2 amide bonds. The van der Waals surface area contributed by atoms with Gasteiger partial charge < -0.3 is 0 Å². The summed E-state index contributed by atoms with van der Waals surface area (Å²) >= 11 is 12.2. The topological polar surface area (TPSA) is 26.8 Å². The molecule has 1 unspecified atom stereocenters. The van der Waals surface area contributed by atoms with Crippen molar-refractivity contribution in [3.63, 3.8) is 0 Å². The Balaban J connectivity index is 1.94. The monoisotopic (exact) mass is 353 g/mol. The van der Waals surface area contributed by atoms with Crippen molar-refractivity contribution in [2.75, 3.05) is 4.90 Å². The molecule has 0 spiro atoms. The second-order valence-electron chi connectivity index (χ2n) is 4.81. The van der Waals surface area contributed by atoms with Crippen LogP contribution in [0, 0.1) is 11.7 Å². The van der Waals surface area contributed by atoms with Gasteiger partial charge in [-0.2, -0.15) is 0 Å². The predicted molar refractivity (Wildman–Crippen MR) is 78.7 cm³/mol. The highest BCUT2D eigenvalue weighted by molar-refractivity contribution is 8.00. The summed E-state index contributed by atoms with van der Waals surface area (Å²) in [5.41, 5.74) is 0.435. The molecule has 2 fully saturated rings. The van der Waals surface area contributed by atoms with Crippen molar-refractivity contribution in [3.05, 3.63) is 30.1 Å². The second-order valence-corrected chi connectivity index (χ2v) is 7.48. The number of carbonyl (C=O) groups excluding carboxylic acids is 1. The zero-order chi connectivity index (χ0) is 15.1. The Morgan fingerprint density at radius 1 is 1.24 bits per heavy atom. The fourth-order valence-corrected chi connectivity index (χ4v) is 3.52. The number of halogens is 4. The molecule has 1 aromatic carbocycles. The first-order chi connectivity index (χ1) is 9.99. The van der Waals surface area contributed by atoms with Crippen LogP contribution in [-0.2, 0) is 0 Å². The van der Waals surface area contributed by atoms with Crippen molar-refractivity contribution in [3.8, 4) is 0 Å². The van der Waals surface area contributed by atoms with Gasteiger partial charge in [0.25, 0.3) is 0 Å². The molecule has 2 aliphatic rings. The zero-order valence-corrected chi connectivity index (χ0v) is 13.0. The van der Waals surface area contributed by atoms with Crippen molar-refractivity contribution < 1.29 is 13.7 Å². The van der Waals surface area contributed by atoms with Crippen LogP contribution in [0.15, 0.2) is 24.3 Å². The largest absolute Gasteiger partial charge is 0.370 e. The van der Waals surface area contributed by atoms with Gasteiger partial charge in [0.2, 0.25) is 0 Å². The average molecular weight is 354 g/mol. The molecule has 0 radical (unpaired) electrons. The first-order valence-electron chi connectivity index (χ1n) is 6.28. The van der Waals surface area contributed by atoms with Crippen LogP contribution in [0.25, 0.3) is 0 Å². The minimum absolute atomic E-state index is 0.00870. The molecule has 1 saturated heterocycles. The van der Waals surface area contributed by atoms with Crippen molar-refractivity contribution in [1.29, 1.82) is 0 Å². The number of amides is 2. The van der Waals surface area contributed by atoms with E-state index in [0.29, 0.717) is 5.69 Å². The lowest BCUT2D eigenvalue weighted by Gasteiger charge is -2.27. The summed E-state index contributed by atoms with van der Waals surface area (Å²) in [4.78, 5) is 13.5. The van der Waals surface area contributed by atoms with Crippen LogP contribution in [0.5, 0.6) is 0 Å². The molecule has 1 saturated carbocycles. The Morgan fingerprint density at radius 2 is 1.86 bits per heavy atom. The van der Waals surface area contributed by atoms with Gasteiger partial charge in [-0.05, 0) is 55.0 Å². The van der Waals surface area contributed by atoms with Crippen LogP contribution in [-0.4, -0.2) is 26.0 Å². The van der Waals surface area contributed by atoms with E-state index in [-0.39, 0.29) is 11.1 Å². The van der Waals surface area contributed by atoms with Gasteiger partial charge in [-0.3, -0.25) is 4.90 Å². The molecular formula is C12H11Cl2F2N3OS. The molecular weight excluding hydrogens is 343 g/mol. The first kappa shape index (κ1) is 15.1. The molecule has 0 aromatic heterocycles. The molecule has 1 aliphatic heterocycles. The molecule has 0 N–H and O–H groups in total. The SMILES string of the molecule is O=C1N(c2ccc(F)cc2)C(C2CC2)N(SC(Cl)Cl)N1F. The molecule has 3 rings (SSSR count). The quantitative estimate of drug-likeness (QED) is 0.458. The van der Waals surface area contributed by atoms with Crippen LogP contribution in [0.4, 0.5) is 19.4 Å². The van der Waals surface area contributed by atoms with Crippen molar-refractivity contribution in [2.45, 2.75) is 23.2 Å². The summed E-state index contributed by atoms with van der Waals surface area (Å²) in [6.45, 7) is 0. The molecule has 21 heavy (non-hydrogen) atoms. The van der Waals surface area contributed by atoms with Crippen LogP contribution >= 0.6 is 35.1 Å². The summed E-state index contributed by atoms with van der Waals surface area (Å²) in [5.74, 6) is -0.280. The number of hydrogen-bond donors (Lipinski definition) is 0. The highest BCUT2D eigenvalue weighted by Crippen LogP contribution is 2.46. The smallest absolute Gasteiger partial charge is 0.272 e. The molecule has 1 atom stereocenters. The number of urea groups is 1. The molecule has 4 nitrogen and oxygen atoms in total. The minimum Gasteiger partial charge on any atom is -0.272 e. The maximum atomic E-state index is 14.2. The Hall–Kier alpha value is -0.760. The van der Waals surface area contributed by atoms with Crippen molar-refractivity contribution in [2.24, 2.45) is 5.92 Å². The van der Waals surface area contributed by atoms with E-state index in [1.165, 1.54) is 29.2 Å². The lowest BCUT2D eigenvalue weighted by atomic mass is 10.2. The highest BCUT2D eigenvalue weighted by atomic mass is 35.5. The normalized spacial score (nSPS) is 23.5. The standard InChI is InChI=1S/C12H11Cl2F2N3OS/c13-11(14)21-19-10(7-1-2-7)17(12(20)18(19)16)9-5-3-8(15)4-6-9/h3-7,10-11H,1-2H2. The fourth-order valence-electron chi connectivity index (χ4n) is 2.32. The third-order valence-corrected chi connectivity index (χ3v) is 4.58. The van der Waals surface area contributed by atoms with Crippen molar-refractivity contribution in [1.82, 2.24) is 9.65 Å². The summed E-state index contributed by atoms with van der Waals surface area (Å²) in [7, 11) is 0. The number of hydrogen-bond acceptors (Lipinski definition) is 3. The maximum absolute atomic E-state index is 14.2. The average Bonchev–Trinajstić information content (AvgIpc) is 3.23. The van der Waals surface area contributed by atoms with Gasteiger partial charge in [-0.1, -0.05) is 32.9 Å². The lowest BCUT2D eigenvalue weighted by Crippen LogP contribution is -2.39. The van der Waals surface area contributed by atoms with Gasteiger partial charge in [-0.15, -0.1) is 4.41 Å². The molecule has 9 heteroatoms. The second kappa shape index (κ2) is 5.79. The van der Waals surface area contributed by atoms with Crippen LogP contribution < -0.4 is 4.90 Å². The molecule has 1 aliphatic carbocycles. The van der Waals surface area contributed by atoms with E-state index in [2.05, 4.69) is 0 Å². The zero-order valence-electron chi connectivity index (χ0n) is 10.6. The summed E-state index contributed by atoms with van der Waals surface area (Å²) in [5, 5.41) is 0.00870. The predicted octanol–water partition coefficient (Wildman–Crippen LogP) is 4.31. The highest BCUT2D eigenvalue weighted by Gasteiger charge is 2.53. The van der Waals surface area contributed by atoms with E-state index >= 15 is 0 Å². The summed E-state index contributed by atoms with van der Waals surface area (Å²) < 4.78 is 27.4. The van der Waals surface area contributed by atoms with Gasteiger partial charge in [-0.25, -0.2) is 9.18 Å². The van der Waals surface area contributed by atoms with Gasteiger partial charge in [0.15, 0.2) is 4.17 Å². The van der Waals surface area contributed by atoms with Crippen molar-refractivity contribution >= 4 is 46.9 Å². The number of benzene rings is 1. The van der Waals surface area contributed by atoms with E-state index < -0.39 is 22.2 Å². The Bertz CT molecular complexity index is 544. The van der Waals surface area contributed by atoms with E-state index in [9.17, 15) is 13.7 Å². The molecule has 114 valence electrons. The third-order valence-electron chi connectivity index (χ3n) is 3.36. The number of carbonyl (C=O) groups is 1. The van der Waals surface area contributed by atoms with E-state index in [1.807, 2.05) is 0 Å². The summed E-state index contributed by atoms with van der Waals surface area (Å²) in [6.07, 6.45) is 1.25. The van der Waals surface area contributed by atoms with Gasteiger partial charge in [0.1, 0.15) is 12.0 Å². The number of anilines is 1. The van der Waals surface area contributed by atoms with Gasteiger partial charge in [0, 0.05) is 5.69 Å². The number of hydrazine groups is 1. The minimum atomic E-state index is -0.898. The number of rotatable bonds is 4. The Kier molecular flexibility index (Phi) is 4.18. The van der Waals surface area contributed by atoms with Crippen LogP contribution in [0.1, 0.15) is 12.8 Å². The molecule has 0 bridgehead atoms. The summed E-state index contributed by atoms with van der Waals surface area (Å²) in [6, 6.07) is 4.53. The van der Waals surface area contributed by atoms with Crippen LogP contribution in [0.2, 0.25) is 0 Å². The van der Waals surface area contributed by atoms with E-state index in [1.54, 1.807) is 0 Å². The number of alkyl halides is 2. The Labute approximate surface area is 134 Å².